The predicted octanol–water partition coefficient (Wildman–Crippen LogP) is 2.91. The van der Waals surface area contributed by atoms with Crippen LogP contribution in [-0.2, 0) is 17.8 Å². The summed E-state index contributed by atoms with van der Waals surface area (Å²) in [5.41, 5.74) is 12.1. The summed E-state index contributed by atoms with van der Waals surface area (Å²) in [6.45, 7) is 5.22. The fourth-order valence-electron chi connectivity index (χ4n) is 4.18. The highest BCUT2D eigenvalue weighted by Gasteiger charge is 2.13. The van der Waals surface area contributed by atoms with Gasteiger partial charge in [-0.15, -0.1) is 0 Å². The second-order valence-electron chi connectivity index (χ2n) is 8.52. The van der Waals surface area contributed by atoms with Gasteiger partial charge in [-0.05, 0) is 52.9 Å². The van der Waals surface area contributed by atoms with E-state index in [1.807, 2.05) is 0 Å². The lowest BCUT2D eigenvalue weighted by Gasteiger charge is -2.28. The molecule has 1 aliphatic heterocycles. The van der Waals surface area contributed by atoms with E-state index in [0.29, 0.717) is 12.8 Å². The number of nitrogens with two attached hydrogens (primary N) is 2. The lowest BCUT2D eigenvalue weighted by molar-refractivity contribution is -0.116. The van der Waals surface area contributed by atoms with Gasteiger partial charge in [0.1, 0.15) is 5.84 Å². The number of hydrazone groups is 1. The van der Waals surface area contributed by atoms with Crippen LogP contribution in [0.3, 0.4) is 0 Å². The first-order valence-corrected chi connectivity index (χ1v) is 11.7. The minimum Gasteiger partial charge on any atom is -0.382 e. The first kappa shape index (κ1) is 23.5. The van der Waals surface area contributed by atoms with Crippen LogP contribution in [0.15, 0.2) is 77.9 Å². The Labute approximate surface area is 200 Å². The molecule has 0 unspecified atom stereocenters. The van der Waals surface area contributed by atoms with Crippen LogP contribution in [-0.4, -0.2) is 42.8 Å². The number of amidine groups is 1. The van der Waals surface area contributed by atoms with Crippen LogP contribution >= 0.6 is 0 Å². The van der Waals surface area contributed by atoms with Crippen molar-refractivity contribution in [2.75, 3.05) is 31.5 Å². The van der Waals surface area contributed by atoms with Crippen molar-refractivity contribution in [3.63, 3.8) is 0 Å². The molecule has 0 radical (unpaired) electrons. The van der Waals surface area contributed by atoms with Gasteiger partial charge in [-0.2, -0.15) is 5.10 Å². The van der Waals surface area contributed by atoms with Crippen LogP contribution in [0.4, 0.5) is 5.69 Å². The molecule has 0 spiro atoms. The summed E-state index contributed by atoms with van der Waals surface area (Å²) in [6, 6.07) is 24.3. The predicted molar refractivity (Wildman–Crippen MR) is 138 cm³/mol. The van der Waals surface area contributed by atoms with Crippen molar-refractivity contribution >= 4 is 17.4 Å². The molecule has 176 valence electrons. The van der Waals surface area contributed by atoms with Crippen molar-refractivity contribution in [3.8, 4) is 11.1 Å². The molecule has 1 amide bonds. The molecule has 0 aromatic heterocycles. The SMILES string of the molecule is N/N=C(\N)c1ccc(NC(=O)CCc2ccc(-c3ccccc3CN3CCNCC3)cc2)cc1. The fraction of sp³-hybridized carbons (Fsp3) is 0.259. The van der Waals surface area contributed by atoms with Gasteiger partial charge < -0.3 is 22.2 Å². The van der Waals surface area contributed by atoms with Gasteiger partial charge in [0.25, 0.3) is 0 Å². The summed E-state index contributed by atoms with van der Waals surface area (Å²) in [7, 11) is 0. The molecule has 3 aromatic carbocycles. The minimum absolute atomic E-state index is 0.0290. The van der Waals surface area contributed by atoms with E-state index in [1.54, 1.807) is 24.3 Å². The number of carbonyl (C=O) groups excluding carboxylic acids is 1. The molecule has 7 heteroatoms. The Morgan fingerprint density at radius 3 is 2.38 bits per heavy atom. The first-order valence-electron chi connectivity index (χ1n) is 11.7. The number of benzene rings is 3. The molecule has 34 heavy (non-hydrogen) atoms. The number of hydrogen-bond donors (Lipinski definition) is 4. The molecule has 0 saturated carbocycles. The van der Waals surface area contributed by atoms with E-state index >= 15 is 0 Å². The Hall–Kier alpha value is -3.68. The van der Waals surface area contributed by atoms with Crippen molar-refractivity contribution in [3.05, 3.63) is 89.5 Å². The number of nitrogens with one attached hydrogen (secondary N) is 2. The molecule has 1 fully saturated rings. The summed E-state index contributed by atoms with van der Waals surface area (Å²) in [4.78, 5) is 14.9. The average Bonchev–Trinajstić information content (AvgIpc) is 2.89. The maximum absolute atomic E-state index is 12.4. The van der Waals surface area contributed by atoms with Crippen LogP contribution in [0, 0.1) is 0 Å². The highest BCUT2D eigenvalue weighted by atomic mass is 16.1. The summed E-state index contributed by atoms with van der Waals surface area (Å²) in [5.74, 6) is 5.42. The fourth-order valence-corrected chi connectivity index (χ4v) is 4.18. The number of aryl methyl sites for hydroxylation is 1. The number of nitrogens with zero attached hydrogens (tertiary/aromatic N) is 2. The number of piperazine rings is 1. The summed E-state index contributed by atoms with van der Waals surface area (Å²) < 4.78 is 0. The van der Waals surface area contributed by atoms with E-state index in [4.69, 9.17) is 11.6 Å². The largest absolute Gasteiger partial charge is 0.382 e. The van der Waals surface area contributed by atoms with Gasteiger partial charge in [0.2, 0.25) is 5.91 Å². The molecule has 1 aliphatic rings. The summed E-state index contributed by atoms with van der Waals surface area (Å²) >= 11 is 0. The minimum atomic E-state index is -0.0290. The molecular weight excluding hydrogens is 424 g/mol. The van der Waals surface area contributed by atoms with Gasteiger partial charge in [0, 0.05) is 50.4 Å². The summed E-state index contributed by atoms with van der Waals surface area (Å²) in [5, 5.41) is 9.80. The molecule has 6 N–H and O–H groups in total. The Morgan fingerprint density at radius 2 is 1.68 bits per heavy atom. The van der Waals surface area contributed by atoms with E-state index in [9.17, 15) is 4.79 Å². The number of hydrogen-bond acceptors (Lipinski definition) is 5. The van der Waals surface area contributed by atoms with Gasteiger partial charge in [0.15, 0.2) is 0 Å². The van der Waals surface area contributed by atoms with Crippen LogP contribution in [0.25, 0.3) is 11.1 Å². The molecular formula is C27H32N6O. The highest BCUT2D eigenvalue weighted by Crippen LogP contribution is 2.25. The van der Waals surface area contributed by atoms with Gasteiger partial charge in [-0.1, -0.05) is 48.5 Å². The zero-order valence-electron chi connectivity index (χ0n) is 19.3. The monoisotopic (exact) mass is 456 g/mol. The zero-order valence-corrected chi connectivity index (χ0v) is 19.3. The lowest BCUT2D eigenvalue weighted by Crippen LogP contribution is -2.42. The van der Waals surface area contributed by atoms with E-state index < -0.39 is 0 Å². The molecule has 7 nitrogen and oxygen atoms in total. The zero-order chi connectivity index (χ0) is 23.8. The first-order chi connectivity index (χ1) is 16.6. The summed E-state index contributed by atoms with van der Waals surface area (Å²) in [6.07, 6.45) is 1.09. The van der Waals surface area contributed by atoms with Crippen molar-refractivity contribution in [1.29, 1.82) is 0 Å². The Bertz CT molecular complexity index is 1120. The van der Waals surface area contributed by atoms with Gasteiger partial charge >= 0.3 is 0 Å². The maximum atomic E-state index is 12.4. The standard InChI is InChI=1S/C27H32N6O/c28-27(32-29)22-10-12-24(13-11-22)31-26(34)14-7-20-5-8-21(9-6-20)25-4-2-1-3-23(25)19-33-17-15-30-16-18-33/h1-6,8-13,30H,7,14-19,29H2,(H2,28,32)(H,31,34). The van der Waals surface area contributed by atoms with Crippen molar-refractivity contribution in [2.45, 2.75) is 19.4 Å². The van der Waals surface area contributed by atoms with Crippen molar-refractivity contribution < 1.29 is 4.79 Å². The maximum Gasteiger partial charge on any atom is 0.224 e. The van der Waals surface area contributed by atoms with Crippen LogP contribution < -0.4 is 22.2 Å². The average molecular weight is 457 g/mol. The Balaban J connectivity index is 1.33. The van der Waals surface area contributed by atoms with Gasteiger partial charge in [0.05, 0.1) is 0 Å². The van der Waals surface area contributed by atoms with E-state index in [0.717, 1.165) is 49.5 Å². The molecule has 1 saturated heterocycles. The third kappa shape index (κ3) is 6.21. The van der Waals surface area contributed by atoms with Crippen LogP contribution in [0.1, 0.15) is 23.1 Å². The second-order valence-corrected chi connectivity index (χ2v) is 8.52. The van der Waals surface area contributed by atoms with Gasteiger partial charge in [-0.25, -0.2) is 0 Å². The van der Waals surface area contributed by atoms with Crippen LogP contribution in [0.2, 0.25) is 0 Å². The van der Waals surface area contributed by atoms with E-state index in [1.165, 1.54) is 16.7 Å². The lowest BCUT2D eigenvalue weighted by atomic mass is 9.97. The Kier molecular flexibility index (Phi) is 7.91. The second kappa shape index (κ2) is 11.4. The number of carbonyl (C=O) groups is 1. The highest BCUT2D eigenvalue weighted by molar-refractivity contribution is 5.98. The third-order valence-electron chi connectivity index (χ3n) is 6.13. The molecule has 4 rings (SSSR count). The number of rotatable bonds is 8. The third-order valence-corrected chi connectivity index (χ3v) is 6.13. The molecule has 0 bridgehead atoms. The molecule has 0 atom stereocenters. The topological polar surface area (TPSA) is 109 Å². The Morgan fingerprint density at radius 1 is 0.971 bits per heavy atom. The van der Waals surface area contributed by atoms with Gasteiger partial charge in [-0.3, -0.25) is 9.69 Å². The molecule has 1 heterocycles. The smallest absolute Gasteiger partial charge is 0.224 e. The van der Waals surface area contributed by atoms with Crippen LogP contribution in [0.5, 0.6) is 0 Å². The number of anilines is 1. The quantitative estimate of drug-likeness (QED) is 0.180. The number of amides is 1. The van der Waals surface area contributed by atoms with Crippen molar-refractivity contribution in [2.24, 2.45) is 16.7 Å². The normalized spacial score (nSPS) is 14.6. The van der Waals surface area contributed by atoms with E-state index in [-0.39, 0.29) is 11.7 Å². The van der Waals surface area contributed by atoms with E-state index in [2.05, 4.69) is 69.2 Å². The van der Waals surface area contributed by atoms with Crippen molar-refractivity contribution in [1.82, 2.24) is 10.2 Å². The molecule has 0 aliphatic carbocycles. The molecule has 3 aromatic rings.